The molecule has 1 aromatic heterocycles. The Balaban J connectivity index is 1.64. The van der Waals surface area contributed by atoms with E-state index < -0.39 is 6.10 Å². The lowest BCUT2D eigenvalue weighted by Gasteiger charge is -2.37. The molecule has 3 unspecified atom stereocenters. The molecule has 0 bridgehead atoms. The van der Waals surface area contributed by atoms with Gasteiger partial charge >= 0.3 is 0 Å². The fourth-order valence-corrected chi connectivity index (χ4v) is 3.00. The van der Waals surface area contributed by atoms with E-state index in [9.17, 15) is 5.11 Å². The van der Waals surface area contributed by atoms with Crippen LogP contribution in [0.4, 0.5) is 0 Å². The van der Waals surface area contributed by atoms with E-state index in [1.54, 1.807) is 0 Å². The second-order valence-corrected chi connectivity index (χ2v) is 6.19. The van der Waals surface area contributed by atoms with Gasteiger partial charge < -0.3 is 24.2 Å². The Morgan fingerprint density at radius 1 is 1.33 bits per heavy atom. The summed E-state index contributed by atoms with van der Waals surface area (Å²) in [6.45, 7) is 4.21. The van der Waals surface area contributed by atoms with Gasteiger partial charge in [-0.05, 0) is 20.5 Å². The van der Waals surface area contributed by atoms with Crippen molar-refractivity contribution in [3.63, 3.8) is 0 Å². The lowest BCUT2D eigenvalue weighted by Crippen LogP contribution is -2.50. The number of ether oxygens (including phenoxy) is 1. The standard InChI is InChI=1S/C14H24N4O3/c1-17-4-5-18(2)10(8-17)7-13-15-14(21-16-13)11-9-20-6-3-12(11)19/h10-12,19H,3-9H2,1-2H3. The quantitative estimate of drug-likeness (QED) is 0.822. The summed E-state index contributed by atoms with van der Waals surface area (Å²) in [5, 5.41) is 14.1. The van der Waals surface area contributed by atoms with Crippen LogP contribution in [0.5, 0.6) is 0 Å². The summed E-state index contributed by atoms with van der Waals surface area (Å²) in [7, 11) is 4.27. The van der Waals surface area contributed by atoms with Crippen LogP contribution in [0.3, 0.4) is 0 Å². The smallest absolute Gasteiger partial charge is 0.234 e. The van der Waals surface area contributed by atoms with Crippen molar-refractivity contribution in [1.82, 2.24) is 19.9 Å². The molecule has 0 saturated carbocycles. The number of rotatable bonds is 3. The molecule has 0 aliphatic carbocycles. The minimum Gasteiger partial charge on any atom is -0.392 e. The number of piperazine rings is 1. The maximum atomic E-state index is 10.0. The largest absolute Gasteiger partial charge is 0.392 e. The molecule has 3 atom stereocenters. The van der Waals surface area contributed by atoms with Crippen LogP contribution in [0, 0.1) is 0 Å². The molecular weight excluding hydrogens is 272 g/mol. The Bertz CT molecular complexity index is 467. The lowest BCUT2D eigenvalue weighted by atomic mass is 9.99. The molecule has 3 rings (SSSR count). The summed E-state index contributed by atoms with van der Waals surface area (Å²) in [5.41, 5.74) is 0. The Labute approximate surface area is 124 Å². The molecule has 2 aliphatic rings. The van der Waals surface area contributed by atoms with E-state index in [4.69, 9.17) is 9.26 Å². The van der Waals surface area contributed by atoms with Crippen LogP contribution < -0.4 is 0 Å². The fourth-order valence-electron chi connectivity index (χ4n) is 3.00. The van der Waals surface area contributed by atoms with E-state index in [2.05, 4.69) is 34.0 Å². The van der Waals surface area contributed by atoms with E-state index in [1.807, 2.05) is 0 Å². The van der Waals surface area contributed by atoms with Crippen LogP contribution >= 0.6 is 0 Å². The maximum Gasteiger partial charge on any atom is 0.234 e. The van der Waals surface area contributed by atoms with E-state index in [0.29, 0.717) is 31.6 Å². The third-order valence-electron chi connectivity index (χ3n) is 4.52. The number of hydrogen-bond donors (Lipinski definition) is 1. The fraction of sp³-hybridized carbons (Fsp3) is 0.857. The second kappa shape index (κ2) is 6.39. The highest BCUT2D eigenvalue weighted by molar-refractivity contribution is 5.00. The summed E-state index contributed by atoms with van der Waals surface area (Å²) >= 11 is 0. The zero-order valence-corrected chi connectivity index (χ0v) is 12.7. The minimum atomic E-state index is -0.449. The van der Waals surface area contributed by atoms with Crippen molar-refractivity contribution < 1.29 is 14.4 Å². The SMILES string of the molecule is CN1CCN(C)C(Cc2noc(C3COCCC3O)n2)C1. The highest BCUT2D eigenvalue weighted by atomic mass is 16.5. The van der Waals surface area contributed by atoms with Crippen LogP contribution in [0.15, 0.2) is 4.52 Å². The van der Waals surface area contributed by atoms with Gasteiger partial charge in [-0.25, -0.2) is 0 Å². The number of aromatic nitrogens is 2. The summed E-state index contributed by atoms with van der Waals surface area (Å²) in [4.78, 5) is 9.14. The van der Waals surface area contributed by atoms with Gasteiger partial charge in [-0.3, -0.25) is 0 Å². The van der Waals surface area contributed by atoms with Crippen LogP contribution in [0.25, 0.3) is 0 Å². The van der Waals surface area contributed by atoms with Crippen molar-refractivity contribution in [1.29, 1.82) is 0 Å². The molecule has 1 aromatic rings. The number of aliphatic hydroxyl groups excluding tert-OH is 1. The first kappa shape index (κ1) is 14.9. The number of nitrogens with zero attached hydrogens (tertiary/aromatic N) is 4. The molecule has 2 aliphatic heterocycles. The first-order valence-electron chi connectivity index (χ1n) is 7.60. The van der Waals surface area contributed by atoms with Crippen LogP contribution in [0.1, 0.15) is 24.1 Å². The lowest BCUT2D eigenvalue weighted by molar-refractivity contribution is -0.0149. The Kier molecular flexibility index (Phi) is 4.54. The molecule has 0 spiro atoms. The van der Waals surface area contributed by atoms with Gasteiger partial charge in [0.25, 0.3) is 0 Å². The summed E-state index contributed by atoms with van der Waals surface area (Å²) in [6.07, 6.45) is 0.947. The van der Waals surface area contributed by atoms with E-state index in [-0.39, 0.29) is 5.92 Å². The van der Waals surface area contributed by atoms with Gasteiger partial charge in [0.2, 0.25) is 5.89 Å². The van der Waals surface area contributed by atoms with Gasteiger partial charge in [0.05, 0.1) is 18.6 Å². The normalized spacial score (nSPS) is 32.4. The average Bonchev–Trinajstić information content (AvgIpc) is 2.92. The van der Waals surface area contributed by atoms with E-state index in [0.717, 1.165) is 31.9 Å². The third kappa shape index (κ3) is 3.42. The number of hydrogen-bond acceptors (Lipinski definition) is 7. The van der Waals surface area contributed by atoms with Crippen LogP contribution in [0.2, 0.25) is 0 Å². The monoisotopic (exact) mass is 296 g/mol. The van der Waals surface area contributed by atoms with E-state index in [1.165, 1.54) is 0 Å². The molecular formula is C14H24N4O3. The van der Waals surface area contributed by atoms with Gasteiger partial charge in [-0.15, -0.1) is 0 Å². The van der Waals surface area contributed by atoms with Crippen molar-refractivity contribution in [3.8, 4) is 0 Å². The molecule has 0 amide bonds. The molecule has 118 valence electrons. The first-order chi connectivity index (χ1) is 10.1. The van der Waals surface area contributed by atoms with Gasteiger partial charge in [0, 0.05) is 38.7 Å². The molecule has 2 fully saturated rings. The zero-order chi connectivity index (χ0) is 14.8. The molecule has 2 saturated heterocycles. The molecule has 0 aromatic carbocycles. The molecule has 21 heavy (non-hydrogen) atoms. The van der Waals surface area contributed by atoms with Crippen molar-refractivity contribution in [2.75, 3.05) is 46.9 Å². The summed E-state index contributed by atoms with van der Waals surface area (Å²) in [5.74, 6) is 1.03. The number of aliphatic hydroxyl groups is 1. The predicted octanol–water partition coefficient (Wildman–Crippen LogP) is -0.277. The molecule has 7 nitrogen and oxygen atoms in total. The second-order valence-electron chi connectivity index (χ2n) is 6.19. The zero-order valence-electron chi connectivity index (χ0n) is 12.7. The summed E-state index contributed by atoms with van der Waals surface area (Å²) < 4.78 is 10.7. The number of likely N-dealkylation sites (N-methyl/N-ethyl adjacent to an activating group) is 2. The van der Waals surface area contributed by atoms with Gasteiger partial charge in [-0.2, -0.15) is 4.98 Å². The molecule has 7 heteroatoms. The Hall–Kier alpha value is -1.02. The maximum absolute atomic E-state index is 10.0. The highest BCUT2D eigenvalue weighted by Crippen LogP contribution is 2.25. The van der Waals surface area contributed by atoms with E-state index >= 15 is 0 Å². The van der Waals surface area contributed by atoms with Crippen LogP contribution in [-0.4, -0.2) is 84.1 Å². The molecule has 0 radical (unpaired) electrons. The minimum absolute atomic E-state index is 0.188. The van der Waals surface area contributed by atoms with Gasteiger partial charge in [0.1, 0.15) is 0 Å². The van der Waals surface area contributed by atoms with Crippen LogP contribution in [-0.2, 0) is 11.2 Å². The van der Waals surface area contributed by atoms with Gasteiger partial charge in [-0.1, -0.05) is 5.16 Å². The Morgan fingerprint density at radius 2 is 2.19 bits per heavy atom. The van der Waals surface area contributed by atoms with Crippen molar-refractivity contribution in [3.05, 3.63) is 11.7 Å². The Morgan fingerprint density at radius 3 is 3.00 bits per heavy atom. The average molecular weight is 296 g/mol. The first-order valence-corrected chi connectivity index (χ1v) is 7.60. The third-order valence-corrected chi connectivity index (χ3v) is 4.52. The van der Waals surface area contributed by atoms with Crippen molar-refractivity contribution in [2.24, 2.45) is 0 Å². The summed E-state index contributed by atoms with van der Waals surface area (Å²) in [6, 6.07) is 0.404. The highest BCUT2D eigenvalue weighted by Gasteiger charge is 2.31. The van der Waals surface area contributed by atoms with Crippen molar-refractivity contribution in [2.45, 2.75) is 30.9 Å². The molecule has 3 heterocycles. The predicted molar refractivity (Wildman–Crippen MR) is 76.1 cm³/mol. The van der Waals surface area contributed by atoms with Gasteiger partial charge in [0.15, 0.2) is 5.82 Å². The van der Waals surface area contributed by atoms with Crippen molar-refractivity contribution >= 4 is 0 Å². The topological polar surface area (TPSA) is 74.9 Å². The molecule has 1 N–H and O–H groups in total.